The SMILES string of the molecule is Cc1cccc([C@H]2[NH2+][C@@H](c3cccc(C)c3)[C@@H]([N+](=O)[O-])C(C)(C)[C@H]2[N+](=O)[O-])c1. The average Bonchev–Trinajstić information content (AvgIpc) is 2.59. The second-order valence-corrected chi connectivity index (χ2v) is 8.35. The van der Waals surface area contributed by atoms with Crippen LogP contribution >= 0.6 is 0 Å². The van der Waals surface area contributed by atoms with E-state index in [9.17, 15) is 20.2 Å². The van der Waals surface area contributed by atoms with E-state index in [1.807, 2.05) is 67.7 Å². The molecule has 2 aromatic rings. The Balaban J connectivity index is 2.18. The number of rotatable bonds is 4. The lowest BCUT2D eigenvalue weighted by atomic mass is 9.66. The van der Waals surface area contributed by atoms with E-state index in [1.165, 1.54) is 0 Å². The maximum Gasteiger partial charge on any atom is 0.279 e. The summed E-state index contributed by atoms with van der Waals surface area (Å²) in [5, 5.41) is 26.0. The highest BCUT2D eigenvalue weighted by atomic mass is 16.6. The van der Waals surface area contributed by atoms with E-state index in [1.54, 1.807) is 13.8 Å². The fourth-order valence-electron chi connectivity index (χ4n) is 4.68. The molecule has 148 valence electrons. The predicted molar refractivity (Wildman–Crippen MR) is 105 cm³/mol. The number of hydrogen-bond acceptors (Lipinski definition) is 4. The van der Waals surface area contributed by atoms with Crippen LogP contribution in [0.15, 0.2) is 48.5 Å². The average molecular weight is 384 g/mol. The number of hydrogen-bond donors (Lipinski definition) is 1. The summed E-state index contributed by atoms with van der Waals surface area (Å²) in [6.07, 6.45) is 0. The molecule has 0 spiro atoms. The van der Waals surface area contributed by atoms with Gasteiger partial charge in [0.1, 0.15) is 5.41 Å². The molecule has 1 fully saturated rings. The number of nitrogens with two attached hydrogens (primary N) is 1. The molecule has 0 saturated carbocycles. The van der Waals surface area contributed by atoms with E-state index in [4.69, 9.17) is 0 Å². The Bertz CT molecular complexity index is 841. The van der Waals surface area contributed by atoms with Gasteiger partial charge in [-0.3, -0.25) is 20.2 Å². The maximum atomic E-state index is 12.1. The van der Waals surface area contributed by atoms with Crippen molar-refractivity contribution in [2.45, 2.75) is 51.9 Å². The van der Waals surface area contributed by atoms with Gasteiger partial charge in [0.25, 0.3) is 12.1 Å². The summed E-state index contributed by atoms with van der Waals surface area (Å²) in [6.45, 7) is 7.20. The Hall–Kier alpha value is -2.80. The third-order valence-corrected chi connectivity index (χ3v) is 5.93. The molecule has 3 rings (SSSR count). The van der Waals surface area contributed by atoms with Crippen molar-refractivity contribution in [3.8, 4) is 0 Å². The topological polar surface area (TPSA) is 103 Å². The summed E-state index contributed by atoms with van der Waals surface area (Å²) in [5.41, 5.74) is 2.54. The van der Waals surface area contributed by atoms with E-state index in [-0.39, 0.29) is 9.85 Å². The van der Waals surface area contributed by atoms with Crippen LogP contribution in [0.2, 0.25) is 0 Å². The van der Waals surface area contributed by atoms with Crippen LogP contribution in [0, 0.1) is 39.5 Å². The molecule has 4 atom stereocenters. The van der Waals surface area contributed by atoms with Crippen molar-refractivity contribution in [2.75, 3.05) is 0 Å². The number of nitrogens with zero attached hydrogens (tertiary/aromatic N) is 2. The van der Waals surface area contributed by atoms with Crippen molar-refractivity contribution in [3.63, 3.8) is 0 Å². The van der Waals surface area contributed by atoms with E-state index >= 15 is 0 Å². The molecule has 1 saturated heterocycles. The van der Waals surface area contributed by atoms with Crippen molar-refractivity contribution >= 4 is 0 Å². The van der Waals surface area contributed by atoms with Gasteiger partial charge in [0.15, 0.2) is 12.1 Å². The Labute approximate surface area is 164 Å². The molecule has 0 bridgehead atoms. The van der Waals surface area contributed by atoms with Gasteiger partial charge in [0, 0.05) is 21.0 Å². The van der Waals surface area contributed by atoms with E-state index in [0.29, 0.717) is 0 Å². The van der Waals surface area contributed by atoms with E-state index in [2.05, 4.69) is 0 Å². The van der Waals surface area contributed by atoms with Gasteiger partial charge < -0.3 is 5.32 Å². The molecule has 7 nitrogen and oxygen atoms in total. The lowest BCUT2D eigenvalue weighted by Gasteiger charge is -2.41. The lowest BCUT2D eigenvalue weighted by Crippen LogP contribution is -2.96. The summed E-state index contributed by atoms with van der Waals surface area (Å²) in [6, 6.07) is 12.1. The van der Waals surface area contributed by atoms with Crippen molar-refractivity contribution in [3.05, 3.63) is 91.0 Å². The van der Waals surface area contributed by atoms with Crippen LogP contribution < -0.4 is 5.32 Å². The number of nitro groups is 2. The third kappa shape index (κ3) is 3.49. The molecule has 1 heterocycles. The summed E-state index contributed by atoms with van der Waals surface area (Å²) >= 11 is 0. The Morgan fingerprint density at radius 3 is 1.54 bits per heavy atom. The molecule has 0 unspecified atom stereocenters. The second kappa shape index (κ2) is 7.31. The molecule has 28 heavy (non-hydrogen) atoms. The zero-order valence-corrected chi connectivity index (χ0v) is 16.5. The first-order valence-electron chi connectivity index (χ1n) is 9.38. The zero-order valence-electron chi connectivity index (χ0n) is 16.5. The van der Waals surface area contributed by atoms with Crippen molar-refractivity contribution < 1.29 is 15.2 Å². The fourth-order valence-corrected chi connectivity index (χ4v) is 4.68. The highest BCUT2D eigenvalue weighted by molar-refractivity contribution is 5.28. The normalized spacial score (nSPS) is 26.6. The largest absolute Gasteiger partial charge is 0.322 e. The summed E-state index contributed by atoms with van der Waals surface area (Å²) < 4.78 is 0. The summed E-state index contributed by atoms with van der Waals surface area (Å²) in [4.78, 5) is 23.5. The summed E-state index contributed by atoms with van der Waals surface area (Å²) in [7, 11) is 0. The molecule has 0 amide bonds. The highest BCUT2D eigenvalue weighted by Crippen LogP contribution is 2.43. The first-order valence-corrected chi connectivity index (χ1v) is 9.38. The van der Waals surface area contributed by atoms with Crippen LogP contribution in [0.25, 0.3) is 0 Å². The molecule has 0 radical (unpaired) electrons. The first kappa shape index (κ1) is 19.9. The second-order valence-electron chi connectivity index (χ2n) is 8.35. The minimum absolute atomic E-state index is 0.341. The van der Waals surface area contributed by atoms with Gasteiger partial charge in [-0.2, -0.15) is 0 Å². The number of aryl methyl sites for hydroxylation is 2. The van der Waals surface area contributed by atoms with Gasteiger partial charge in [-0.15, -0.1) is 0 Å². The molecular formula is C21H26N3O4+. The van der Waals surface area contributed by atoms with Crippen molar-refractivity contribution in [1.29, 1.82) is 0 Å². The van der Waals surface area contributed by atoms with Crippen LogP contribution in [0.4, 0.5) is 0 Å². The van der Waals surface area contributed by atoms with Crippen molar-refractivity contribution in [2.24, 2.45) is 5.41 Å². The predicted octanol–water partition coefficient (Wildman–Crippen LogP) is 2.98. The Kier molecular flexibility index (Phi) is 5.21. The van der Waals surface area contributed by atoms with Crippen LogP contribution in [0.5, 0.6) is 0 Å². The Morgan fingerprint density at radius 2 is 1.21 bits per heavy atom. The van der Waals surface area contributed by atoms with Crippen LogP contribution in [-0.2, 0) is 0 Å². The lowest BCUT2D eigenvalue weighted by molar-refractivity contribution is -0.818. The maximum absolute atomic E-state index is 12.1. The Morgan fingerprint density at radius 1 is 0.821 bits per heavy atom. The van der Waals surface area contributed by atoms with Gasteiger partial charge in [0.2, 0.25) is 0 Å². The molecule has 2 N–H and O–H groups in total. The monoisotopic (exact) mass is 384 g/mol. The van der Waals surface area contributed by atoms with Gasteiger partial charge in [-0.25, -0.2) is 0 Å². The number of benzene rings is 2. The van der Waals surface area contributed by atoms with Crippen molar-refractivity contribution in [1.82, 2.24) is 0 Å². The smallest absolute Gasteiger partial charge is 0.279 e. The van der Waals surface area contributed by atoms with Gasteiger partial charge in [-0.05, 0) is 39.8 Å². The minimum atomic E-state index is -1.13. The van der Waals surface area contributed by atoms with Crippen LogP contribution in [0.1, 0.15) is 48.2 Å². The van der Waals surface area contributed by atoms with Gasteiger partial charge in [-0.1, -0.05) is 47.5 Å². The van der Waals surface area contributed by atoms with E-state index < -0.39 is 29.6 Å². The third-order valence-electron chi connectivity index (χ3n) is 5.93. The summed E-state index contributed by atoms with van der Waals surface area (Å²) in [5.74, 6) is 0. The molecule has 7 heteroatoms. The molecular weight excluding hydrogens is 358 g/mol. The standard InChI is InChI=1S/C21H25N3O4/c1-13-7-5-9-15(11-13)17-19(23(25)26)21(3,4)20(24(27)28)18(22-17)16-10-6-8-14(2)12-16/h5-12,17-20,22H,1-4H3/p+1/t17-,18+,19+,20-. The number of quaternary nitrogens is 1. The van der Waals surface area contributed by atoms with Gasteiger partial charge >= 0.3 is 0 Å². The molecule has 1 aliphatic rings. The number of piperidine rings is 1. The first-order chi connectivity index (χ1) is 13.1. The molecule has 2 aromatic carbocycles. The fraction of sp³-hybridized carbons (Fsp3) is 0.429. The van der Waals surface area contributed by atoms with E-state index in [0.717, 1.165) is 22.3 Å². The van der Waals surface area contributed by atoms with Crippen LogP contribution in [-0.4, -0.2) is 21.9 Å². The van der Waals surface area contributed by atoms with Crippen LogP contribution in [0.3, 0.4) is 0 Å². The minimum Gasteiger partial charge on any atom is -0.322 e. The molecule has 0 aromatic heterocycles. The quantitative estimate of drug-likeness (QED) is 0.646. The molecule has 1 aliphatic heterocycles. The van der Waals surface area contributed by atoms with Gasteiger partial charge in [0.05, 0.1) is 0 Å². The zero-order chi connectivity index (χ0) is 20.6. The molecule has 0 aliphatic carbocycles. The highest BCUT2D eigenvalue weighted by Gasteiger charge is 2.65.